The molecule has 1 unspecified atom stereocenters. The van der Waals surface area contributed by atoms with Crippen molar-refractivity contribution in [1.82, 2.24) is 10.6 Å². The van der Waals surface area contributed by atoms with Crippen molar-refractivity contribution in [3.63, 3.8) is 0 Å². The van der Waals surface area contributed by atoms with Gasteiger partial charge in [0.2, 0.25) is 10.0 Å². The number of aliphatic imine (C=N–C) groups is 1. The zero-order valence-electron chi connectivity index (χ0n) is 15.8. The van der Waals surface area contributed by atoms with E-state index in [4.69, 9.17) is 0 Å². The van der Waals surface area contributed by atoms with Crippen molar-refractivity contribution in [2.45, 2.75) is 26.4 Å². The van der Waals surface area contributed by atoms with E-state index in [2.05, 4.69) is 39.4 Å². The van der Waals surface area contributed by atoms with Gasteiger partial charge in [-0.1, -0.05) is 48.5 Å². The summed E-state index contributed by atoms with van der Waals surface area (Å²) in [7, 11) is -3.33. The Kier molecular flexibility index (Phi) is 9.57. The van der Waals surface area contributed by atoms with Gasteiger partial charge in [0.1, 0.15) is 0 Å². The number of rotatable bonds is 7. The van der Waals surface area contributed by atoms with Gasteiger partial charge in [-0.05, 0) is 31.0 Å². The summed E-state index contributed by atoms with van der Waals surface area (Å²) in [6.45, 7) is 5.16. The minimum Gasteiger partial charge on any atom is -0.357 e. The molecule has 2 aromatic rings. The SMILES string of the molecule is CCNC(=NCc1ccccc1NS(C)(=O)=O)NC(C)c1ccccc1.I. The molecular formula is C19H27IN4O2S. The summed E-state index contributed by atoms with van der Waals surface area (Å²) in [4.78, 5) is 4.60. The normalized spacial score (nSPS) is 12.6. The summed E-state index contributed by atoms with van der Waals surface area (Å²) in [5.41, 5.74) is 2.52. The van der Waals surface area contributed by atoms with Gasteiger partial charge in [0.05, 0.1) is 24.5 Å². The fourth-order valence-electron chi connectivity index (χ4n) is 2.47. The molecule has 0 aromatic heterocycles. The minimum atomic E-state index is -3.33. The molecule has 0 aliphatic carbocycles. The molecule has 6 nitrogen and oxygen atoms in total. The van der Waals surface area contributed by atoms with E-state index in [1.807, 2.05) is 37.3 Å². The van der Waals surface area contributed by atoms with Crippen LogP contribution in [0.15, 0.2) is 59.6 Å². The van der Waals surface area contributed by atoms with Crippen molar-refractivity contribution in [1.29, 1.82) is 0 Å². The highest BCUT2D eigenvalue weighted by molar-refractivity contribution is 14.0. The van der Waals surface area contributed by atoms with Crippen LogP contribution in [0.2, 0.25) is 0 Å². The molecule has 0 amide bonds. The first-order valence-corrected chi connectivity index (χ1v) is 10.4. The molecule has 0 aliphatic rings. The van der Waals surface area contributed by atoms with E-state index in [9.17, 15) is 8.42 Å². The second kappa shape index (κ2) is 11.1. The van der Waals surface area contributed by atoms with Crippen LogP contribution in [0.25, 0.3) is 0 Å². The van der Waals surface area contributed by atoms with Gasteiger partial charge in [-0.3, -0.25) is 4.72 Å². The third-order valence-electron chi connectivity index (χ3n) is 3.72. The maximum Gasteiger partial charge on any atom is 0.229 e. The fourth-order valence-corrected chi connectivity index (χ4v) is 3.07. The van der Waals surface area contributed by atoms with Crippen LogP contribution in [0, 0.1) is 0 Å². The van der Waals surface area contributed by atoms with Gasteiger partial charge in [0.25, 0.3) is 0 Å². The van der Waals surface area contributed by atoms with E-state index in [0.29, 0.717) is 18.2 Å². The molecule has 0 bridgehead atoms. The summed E-state index contributed by atoms with van der Waals surface area (Å²) in [5.74, 6) is 0.679. The Labute approximate surface area is 178 Å². The lowest BCUT2D eigenvalue weighted by Gasteiger charge is -2.18. The van der Waals surface area contributed by atoms with Crippen LogP contribution < -0.4 is 15.4 Å². The molecule has 0 heterocycles. The van der Waals surface area contributed by atoms with Crippen molar-refractivity contribution in [2.75, 3.05) is 17.5 Å². The molecular weight excluding hydrogens is 475 g/mol. The van der Waals surface area contributed by atoms with Crippen LogP contribution in [0.5, 0.6) is 0 Å². The Balaban J connectivity index is 0.00000364. The molecule has 2 aromatic carbocycles. The van der Waals surface area contributed by atoms with Crippen molar-refractivity contribution in [3.05, 3.63) is 65.7 Å². The molecule has 0 fully saturated rings. The first-order chi connectivity index (χ1) is 12.4. The van der Waals surface area contributed by atoms with Gasteiger partial charge in [-0.2, -0.15) is 0 Å². The molecule has 8 heteroatoms. The summed E-state index contributed by atoms with van der Waals surface area (Å²) < 4.78 is 25.6. The molecule has 148 valence electrons. The van der Waals surface area contributed by atoms with Gasteiger partial charge in [-0.25, -0.2) is 13.4 Å². The highest BCUT2D eigenvalue weighted by atomic mass is 127. The quantitative estimate of drug-likeness (QED) is 0.308. The number of anilines is 1. The third kappa shape index (κ3) is 8.17. The summed E-state index contributed by atoms with van der Waals surface area (Å²) in [6, 6.07) is 17.5. The van der Waals surface area contributed by atoms with Crippen LogP contribution in [0.4, 0.5) is 5.69 Å². The number of nitrogens with one attached hydrogen (secondary N) is 3. The van der Waals surface area contributed by atoms with Crippen LogP contribution in [-0.2, 0) is 16.6 Å². The number of guanidine groups is 1. The standard InChI is InChI=1S/C19H26N4O2S.HI/c1-4-20-19(22-15(2)16-10-6-5-7-11-16)21-14-17-12-8-9-13-18(17)23-26(3,24)25;/h5-13,15,23H,4,14H2,1-3H3,(H2,20,21,22);1H. The van der Waals surface area contributed by atoms with E-state index in [1.165, 1.54) is 0 Å². The molecule has 0 radical (unpaired) electrons. The Bertz CT molecular complexity index is 842. The molecule has 1 atom stereocenters. The Morgan fingerprint density at radius 2 is 1.70 bits per heavy atom. The lowest BCUT2D eigenvalue weighted by atomic mass is 10.1. The first-order valence-electron chi connectivity index (χ1n) is 8.54. The maximum atomic E-state index is 11.5. The fraction of sp³-hybridized carbons (Fsp3) is 0.316. The predicted octanol–water partition coefficient (Wildman–Crippen LogP) is 3.49. The van der Waals surface area contributed by atoms with E-state index in [-0.39, 0.29) is 30.0 Å². The number of hydrogen-bond donors (Lipinski definition) is 3. The number of para-hydroxylation sites is 1. The van der Waals surface area contributed by atoms with Gasteiger partial charge in [0.15, 0.2) is 5.96 Å². The van der Waals surface area contributed by atoms with Gasteiger partial charge >= 0.3 is 0 Å². The number of benzene rings is 2. The minimum absolute atomic E-state index is 0. The van der Waals surface area contributed by atoms with E-state index < -0.39 is 10.0 Å². The third-order valence-corrected chi connectivity index (χ3v) is 4.31. The molecule has 0 saturated heterocycles. The van der Waals surface area contributed by atoms with Crippen LogP contribution in [-0.4, -0.2) is 27.2 Å². The van der Waals surface area contributed by atoms with Crippen molar-refractivity contribution >= 4 is 45.6 Å². The van der Waals surface area contributed by atoms with Gasteiger partial charge < -0.3 is 10.6 Å². The van der Waals surface area contributed by atoms with Gasteiger partial charge in [-0.15, -0.1) is 24.0 Å². The Morgan fingerprint density at radius 3 is 2.33 bits per heavy atom. The summed E-state index contributed by atoms with van der Waals surface area (Å²) in [5, 5.41) is 6.59. The van der Waals surface area contributed by atoms with Crippen LogP contribution in [0.1, 0.15) is 31.0 Å². The number of nitrogens with zero attached hydrogens (tertiary/aromatic N) is 1. The monoisotopic (exact) mass is 502 g/mol. The zero-order chi connectivity index (χ0) is 19.0. The average Bonchev–Trinajstić information content (AvgIpc) is 2.60. The second-order valence-electron chi connectivity index (χ2n) is 6.00. The first kappa shape index (κ1) is 23.2. The number of sulfonamides is 1. The topological polar surface area (TPSA) is 82.6 Å². The van der Waals surface area contributed by atoms with E-state index >= 15 is 0 Å². The number of halogens is 1. The molecule has 0 saturated carbocycles. The lowest BCUT2D eigenvalue weighted by Crippen LogP contribution is -2.38. The van der Waals surface area contributed by atoms with E-state index in [0.717, 1.165) is 23.9 Å². The lowest BCUT2D eigenvalue weighted by molar-refractivity contribution is 0.606. The molecule has 27 heavy (non-hydrogen) atoms. The highest BCUT2D eigenvalue weighted by Gasteiger charge is 2.09. The van der Waals surface area contributed by atoms with Crippen LogP contribution in [0.3, 0.4) is 0 Å². The summed E-state index contributed by atoms with van der Waals surface area (Å²) in [6.07, 6.45) is 1.14. The predicted molar refractivity (Wildman–Crippen MR) is 123 cm³/mol. The van der Waals surface area contributed by atoms with Crippen molar-refractivity contribution in [2.24, 2.45) is 4.99 Å². The summed E-state index contributed by atoms with van der Waals surface area (Å²) >= 11 is 0. The molecule has 0 aliphatic heterocycles. The molecule has 2 rings (SSSR count). The largest absolute Gasteiger partial charge is 0.357 e. The van der Waals surface area contributed by atoms with Crippen molar-refractivity contribution < 1.29 is 8.42 Å². The highest BCUT2D eigenvalue weighted by Crippen LogP contribution is 2.17. The Hall–Kier alpha value is -1.81. The van der Waals surface area contributed by atoms with E-state index in [1.54, 1.807) is 12.1 Å². The van der Waals surface area contributed by atoms with Crippen molar-refractivity contribution in [3.8, 4) is 0 Å². The maximum absolute atomic E-state index is 11.5. The van der Waals surface area contributed by atoms with Gasteiger partial charge in [0, 0.05) is 6.54 Å². The second-order valence-corrected chi connectivity index (χ2v) is 7.75. The molecule has 0 spiro atoms. The zero-order valence-corrected chi connectivity index (χ0v) is 18.9. The Morgan fingerprint density at radius 1 is 1.07 bits per heavy atom. The molecule has 3 N–H and O–H groups in total. The smallest absolute Gasteiger partial charge is 0.229 e. The van der Waals surface area contributed by atoms with Crippen LogP contribution >= 0.6 is 24.0 Å². The average molecular weight is 502 g/mol. The number of hydrogen-bond acceptors (Lipinski definition) is 3.